The van der Waals surface area contributed by atoms with Crippen LogP contribution >= 0.6 is 0 Å². The molecule has 3 fully saturated rings. The average Bonchev–Trinajstić information content (AvgIpc) is 3.04. The van der Waals surface area contributed by atoms with Gasteiger partial charge in [0, 0.05) is 24.5 Å². The first-order valence-corrected chi connectivity index (χ1v) is 11.7. The fraction of sp³-hybridized carbons (Fsp3) is 0.692. The highest BCUT2D eigenvalue weighted by molar-refractivity contribution is 5.96. The molecule has 0 bridgehead atoms. The van der Waals surface area contributed by atoms with Crippen molar-refractivity contribution in [2.45, 2.75) is 68.0 Å². The summed E-state index contributed by atoms with van der Waals surface area (Å²) in [4.78, 5) is 19.0. The van der Waals surface area contributed by atoms with Gasteiger partial charge in [-0.25, -0.2) is 4.39 Å². The summed E-state index contributed by atoms with van der Waals surface area (Å²) in [6.07, 6.45) is 6.30. The van der Waals surface area contributed by atoms with E-state index in [1.54, 1.807) is 32.1 Å². The van der Waals surface area contributed by atoms with E-state index in [2.05, 4.69) is 51.2 Å². The van der Waals surface area contributed by atoms with Gasteiger partial charge < -0.3 is 9.80 Å². The fourth-order valence-corrected chi connectivity index (χ4v) is 3.85. The minimum absolute atomic E-state index is 0.383. The van der Waals surface area contributed by atoms with Crippen molar-refractivity contribution in [2.75, 3.05) is 33.2 Å². The van der Waals surface area contributed by atoms with Crippen molar-refractivity contribution in [2.24, 2.45) is 22.2 Å². The minimum atomic E-state index is -0.753. The minimum Gasteiger partial charge on any atom is -0.366 e. The first-order chi connectivity index (χ1) is 14.6. The van der Waals surface area contributed by atoms with E-state index in [4.69, 9.17) is 0 Å². The molecule has 2 saturated heterocycles. The Hall–Kier alpha value is -1.75. The van der Waals surface area contributed by atoms with Gasteiger partial charge in [-0.05, 0) is 50.3 Å². The summed E-state index contributed by atoms with van der Waals surface area (Å²) in [5.41, 5.74) is 2.62. The van der Waals surface area contributed by atoms with Crippen LogP contribution in [0.25, 0.3) is 0 Å². The zero-order chi connectivity index (χ0) is 24.2. The molecule has 3 aliphatic rings. The van der Waals surface area contributed by atoms with Crippen molar-refractivity contribution >= 4 is 12.0 Å². The summed E-state index contributed by atoms with van der Waals surface area (Å²) >= 11 is 0. The molecule has 0 radical (unpaired) electrons. The van der Waals surface area contributed by atoms with Gasteiger partial charge in [0.05, 0.1) is 18.8 Å². The molecule has 0 aromatic heterocycles. The number of nitrogens with zero attached hydrogens (tertiary/aromatic N) is 3. The van der Waals surface area contributed by atoms with Crippen LogP contribution in [-0.2, 0) is 4.79 Å². The Balaban J connectivity index is 0.000000532. The molecule has 2 unspecified atom stereocenters. The van der Waals surface area contributed by atoms with Gasteiger partial charge in [0.1, 0.15) is 6.17 Å². The van der Waals surface area contributed by atoms with Crippen LogP contribution in [0.1, 0.15) is 61.8 Å². The van der Waals surface area contributed by atoms with Gasteiger partial charge in [-0.3, -0.25) is 9.79 Å². The van der Waals surface area contributed by atoms with Crippen LogP contribution in [0.3, 0.4) is 0 Å². The third-order valence-corrected chi connectivity index (χ3v) is 5.79. The third kappa shape index (κ3) is 9.10. The molecule has 0 spiro atoms. The summed E-state index contributed by atoms with van der Waals surface area (Å²) in [7, 11) is 2.22. The van der Waals surface area contributed by atoms with Gasteiger partial charge in [-0.1, -0.05) is 60.6 Å². The van der Waals surface area contributed by atoms with Crippen molar-refractivity contribution in [1.29, 1.82) is 0 Å². The molecule has 0 N–H and O–H groups in total. The van der Waals surface area contributed by atoms with Gasteiger partial charge in [-0.2, -0.15) is 0 Å². The Morgan fingerprint density at radius 1 is 1.16 bits per heavy atom. The molecule has 178 valence electrons. The standard InChI is InChI=1S/C13H17FN2O.C8H15N.C3H8.C2H6/c1-4-12(9-17)15-10(3)6-13(5-2)16-7-11(14)8-16;1-8(2)6-4-9(3)5-7(6)8;1-3-2;1-2/h4-6,9,11H,2,7-8H2,1,3H3;6-7H,4-5H2,1-3H3;3H2,1-2H3;1-2H3/b12-4-,13-6+,15-10-;;;. The van der Waals surface area contributed by atoms with Gasteiger partial charge >= 0.3 is 0 Å². The summed E-state index contributed by atoms with van der Waals surface area (Å²) in [6, 6.07) is 0. The number of hydrogen-bond acceptors (Lipinski definition) is 4. The second-order valence-corrected chi connectivity index (χ2v) is 8.82. The molecule has 2 heterocycles. The molecule has 5 heteroatoms. The smallest absolute Gasteiger partial charge is 0.168 e. The van der Waals surface area contributed by atoms with Crippen molar-refractivity contribution in [1.82, 2.24) is 9.80 Å². The number of likely N-dealkylation sites (tertiary alicyclic amines) is 2. The van der Waals surface area contributed by atoms with Crippen molar-refractivity contribution < 1.29 is 9.18 Å². The Morgan fingerprint density at radius 3 is 1.97 bits per heavy atom. The largest absolute Gasteiger partial charge is 0.366 e. The monoisotopic (exact) mass is 435 g/mol. The van der Waals surface area contributed by atoms with Gasteiger partial charge in [-0.15, -0.1) is 0 Å². The Bertz CT molecular complexity index is 631. The Labute approximate surface area is 191 Å². The lowest BCUT2D eigenvalue weighted by Gasteiger charge is -2.37. The van der Waals surface area contributed by atoms with Crippen LogP contribution in [0.5, 0.6) is 0 Å². The van der Waals surface area contributed by atoms with Crippen LogP contribution in [0.2, 0.25) is 0 Å². The molecule has 31 heavy (non-hydrogen) atoms. The van der Waals surface area contributed by atoms with Crippen molar-refractivity contribution in [3.63, 3.8) is 0 Å². The molecular formula is C26H46FN3O. The van der Waals surface area contributed by atoms with Crippen LogP contribution in [0.15, 0.2) is 41.2 Å². The number of alkyl halides is 1. The number of fused-ring (bicyclic) bond motifs is 1. The molecule has 1 aliphatic carbocycles. The highest BCUT2D eigenvalue weighted by atomic mass is 19.1. The summed E-state index contributed by atoms with van der Waals surface area (Å²) < 4.78 is 12.7. The molecule has 3 rings (SSSR count). The maximum atomic E-state index is 12.7. The predicted octanol–water partition coefficient (Wildman–Crippen LogP) is 5.92. The SMILES string of the molecule is C=C\C(=C/C(C)=N\C(C=O)=C/C)N1CC(F)C1.CC.CCC.CN1CC2C(C1)C2(C)C. The predicted molar refractivity (Wildman–Crippen MR) is 133 cm³/mol. The van der Waals surface area contributed by atoms with Crippen LogP contribution in [0, 0.1) is 17.3 Å². The van der Waals surface area contributed by atoms with Crippen LogP contribution < -0.4 is 0 Å². The molecule has 1 saturated carbocycles. The summed E-state index contributed by atoms with van der Waals surface area (Å²) in [5.74, 6) is 2.06. The first kappa shape index (κ1) is 29.2. The molecule has 2 atom stereocenters. The van der Waals surface area contributed by atoms with Crippen LogP contribution in [0.4, 0.5) is 4.39 Å². The molecule has 0 aromatic carbocycles. The number of aliphatic imine (C=N–C) groups is 1. The molecule has 0 aromatic rings. The van der Waals surface area contributed by atoms with Crippen molar-refractivity contribution in [3.05, 3.63) is 36.2 Å². The number of rotatable bonds is 5. The zero-order valence-corrected chi connectivity index (χ0v) is 21.4. The topological polar surface area (TPSA) is 35.9 Å². The highest BCUT2D eigenvalue weighted by Crippen LogP contribution is 2.61. The molecule has 4 nitrogen and oxygen atoms in total. The maximum Gasteiger partial charge on any atom is 0.168 e. The summed E-state index contributed by atoms with van der Waals surface area (Å²) in [5, 5.41) is 0. The van der Waals surface area contributed by atoms with Gasteiger partial charge in [0.15, 0.2) is 6.29 Å². The van der Waals surface area contributed by atoms with E-state index in [-0.39, 0.29) is 0 Å². The molecule has 2 aliphatic heterocycles. The number of piperidine rings is 1. The number of hydrogen-bond donors (Lipinski definition) is 0. The second kappa shape index (κ2) is 14.3. The lowest BCUT2D eigenvalue weighted by Crippen LogP contribution is -2.47. The number of carbonyl (C=O) groups excluding carboxylic acids is 1. The van der Waals surface area contributed by atoms with E-state index in [1.165, 1.54) is 19.5 Å². The normalized spacial score (nSPS) is 24.8. The van der Waals surface area contributed by atoms with E-state index in [0.29, 0.717) is 36.2 Å². The first-order valence-electron chi connectivity index (χ1n) is 11.7. The third-order valence-electron chi connectivity index (χ3n) is 5.79. The average molecular weight is 436 g/mol. The van der Waals surface area contributed by atoms with E-state index in [1.807, 2.05) is 18.7 Å². The van der Waals surface area contributed by atoms with Crippen LogP contribution in [-0.4, -0.2) is 61.2 Å². The molecule has 0 amide bonds. The second-order valence-electron chi connectivity index (χ2n) is 8.82. The quantitative estimate of drug-likeness (QED) is 0.233. The van der Waals surface area contributed by atoms with Gasteiger partial charge in [0.2, 0.25) is 0 Å². The Kier molecular flexibility index (Phi) is 13.5. The lowest BCUT2D eigenvalue weighted by atomic mass is 10.1. The number of halogens is 1. The van der Waals surface area contributed by atoms with E-state index >= 15 is 0 Å². The highest BCUT2D eigenvalue weighted by Gasteiger charge is 2.60. The van der Waals surface area contributed by atoms with E-state index < -0.39 is 6.17 Å². The van der Waals surface area contributed by atoms with E-state index in [0.717, 1.165) is 17.5 Å². The van der Waals surface area contributed by atoms with E-state index in [9.17, 15) is 9.18 Å². The van der Waals surface area contributed by atoms with Gasteiger partial charge in [0.25, 0.3) is 0 Å². The fourth-order valence-electron chi connectivity index (χ4n) is 3.85. The number of aldehydes is 1. The summed E-state index contributed by atoms with van der Waals surface area (Å²) in [6.45, 7) is 23.8. The number of carbonyl (C=O) groups is 1. The van der Waals surface area contributed by atoms with Crippen molar-refractivity contribution in [3.8, 4) is 0 Å². The lowest BCUT2D eigenvalue weighted by molar-refractivity contribution is -0.104. The maximum absolute atomic E-state index is 12.7. The molecular weight excluding hydrogens is 389 g/mol. The Morgan fingerprint density at radius 2 is 1.65 bits per heavy atom. The zero-order valence-electron chi connectivity index (χ0n) is 21.4. The number of allylic oxidation sites excluding steroid dienone is 4.